The maximum atomic E-state index is 13.1. The molecule has 2 aromatic rings. The van der Waals surface area contributed by atoms with E-state index >= 15 is 0 Å². The van der Waals surface area contributed by atoms with Crippen LogP contribution in [-0.4, -0.2) is 18.3 Å². The van der Waals surface area contributed by atoms with E-state index in [1.165, 1.54) is 13.2 Å². The highest BCUT2D eigenvalue weighted by Gasteiger charge is 2.12. The van der Waals surface area contributed by atoms with Crippen molar-refractivity contribution in [3.8, 4) is 5.75 Å². The van der Waals surface area contributed by atoms with E-state index in [1.54, 1.807) is 18.2 Å². The van der Waals surface area contributed by atoms with E-state index in [1.807, 2.05) is 0 Å². The Hall–Kier alpha value is -1.65. The minimum absolute atomic E-state index is 0.215. The van der Waals surface area contributed by atoms with Gasteiger partial charge in [0.25, 0.3) is 0 Å². The second-order valence-electron chi connectivity index (χ2n) is 4.77. The number of hydrogen-bond donors (Lipinski definition) is 1. The molecule has 1 atom stereocenters. The number of methoxy groups -OCH3 is 1. The fraction of sp³-hybridized carbons (Fsp3) is 0.250. The third kappa shape index (κ3) is 4.16. The van der Waals surface area contributed by atoms with Crippen molar-refractivity contribution in [1.82, 2.24) is 0 Å². The third-order valence-electron chi connectivity index (χ3n) is 3.15. The molecule has 0 aliphatic heterocycles. The summed E-state index contributed by atoms with van der Waals surface area (Å²) >= 11 is 5.93. The molecule has 0 aromatic heterocycles. The molecule has 0 aliphatic rings. The first-order valence-corrected chi connectivity index (χ1v) is 6.82. The van der Waals surface area contributed by atoms with Crippen molar-refractivity contribution in [2.75, 3.05) is 7.11 Å². The monoisotopic (exact) mass is 312 g/mol. The Kier molecular flexibility index (Phi) is 5.15. The fourth-order valence-corrected chi connectivity index (χ4v) is 2.37. The van der Waals surface area contributed by atoms with Crippen LogP contribution in [0, 0.1) is 11.6 Å². The summed E-state index contributed by atoms with van der Waals surface area (Å²) in [5.41, 5.74) is 1.29. The molecule has 2 nitrogen and oxygen atoms in total. The number of hydrogen-bond acceptors (Lipinski definition) is 2. The Morgan fingerprint density at radius 2 is 1.86 bits per heavy atom. The molecule has 1 unspecified atom stereocenters. The lowest BCUT2D eigenvalue weighted by Gasteiger charge is -2.14. The number of aliphatic hydroxyl groups is 1. The summed E-state index contributed by atoms with van der Waals surface area (Å²) in [4.78, 5) is 0. The van der Waals surface area contributed by atoms with E-state index in [0.717, 1.165) is 17.7 Å². The van der Waals surface area contributed by atoms with Crippen molar-refractivity contribution in [3.05, 3.63) is 64.2 Å². The van der Waals surface area contributed by atoms with Gasteiger partial charge in [0.05, 0.1) is 13.2 Å². The molecule has 0 heterocycles. The predicted molar refractivity (Wildman–Crippen MR) is 77.8 cm³/mol. The van der Waals surface area contributed by atoms with Gasteiger partial charge in [0.1, 0.15) is 5.75 Å². The van der Waals surface area contributed by atoms with Crippen LogP contribution in [0.25, 0.3) is 0 Å². The second-order valence-corrected chi connectivity index (χ2v) is 5.20. The molecule has 0 saturated carbocycles. The maximum absolute atomic E-state index is 13.1. The molecule has 0 amide bonds. The summed E-state index contributed by atoms with van der Waals surface area (Å²) < 4.78 is 31.2. The first-order chi connectivity index (χ1) is 9.99. The molecule has 2 rings (SSSR count). The summed E-state index contributed by atoms with van der Waals surface area (Å²) in [6.45, 7) is 0. The topological polar surface area (TPSA) is 29.5 Å². The highest BCUT2D eigenvalue weighted by atomic mass is 35.5. The smallest absolute Gasteiger partial charge is 0.159 e. The number of rotatable bonds is 5. The van der Waals surface area contributed by atoms with Gasteiger partial charge in [-0.1, -0.05) is 17.7 Å². The standard InChI is InChI=1S/C16H15ClF2O2/c1-21-16-5-3-12(17)8-11(16)9-13(20)6-10-2-4-14(18)15(19)7-10/h2-5,7-8,13,20H,6,9H2,1H3. The largest absolute Gasteiger partial charge is 0.496 e. The minimum atomic E-state index is -0.917. The summed E-state index contributed by atoms with van der Waals surface area (Å²) in [5.74, 6) is -1.19. The molecular weight excluding hydrogens is 298 g/mol. The van der Waals surface area contributed by atoms with Crippen molar-refractivity contribution in [1.29, 1.82) is 0 Å². The van der Waals surface area contributed by atoms with Crippen LogP contribution in [0.4, 0.5) is 8.78 Å². The zero-order valence-corrected chi connectivity index (χ0v) is 12.2. The molecule has 112 valence electrons. The first-order valence-electron chi connectivity index (χ1n) is 6.44. The predicted octanol–water partition coefficient (Wildman–Crippen LogP) is 3.77. The lowest BCUT2D eigenvalue weighted by atomic mass is 10.0. The van der Waals surface area contributed by atoms with Crippen LogP contribution in [-0.2, 0) is 12.8 Å². The average Bonchev–Trinajstić information content (AvgIpc) is 2.43. The quantitative estimate of drug-likeness (QED) is 0.910. The highest BCUT2D eigenvalue weighted by Crippen LogP contribution is 2.24. The molecule has 21 heavy (non-hydrogen) atoms. The summed E-state index contributed by atoms with van der Waals surface area (Å²) in [7, 11) is 1.54. The van der Waals surface area contributed by atoms with Gasteiger partial charge in [-0.25, -0.2) is 8.78 Å². The molecule has 0 bridgehead atoms. The van der Waals surface area contributed by atoms with Crippen molar-refractivity contribution in [2.45, 2.75) is 18.9 Å². The van der Waals surface area contributed by atoms with Crippen molar-refractivity contribution < 1.29 is 18.6 Å². The molecule has 0 aliphatic carbocycles. The van der Waals surface area contributed by atoms with Gasteiger partial charge >= 0.3 is 0 Å². The number of aliphatic hydroxyl groups excluding tert-OH is 1. The maximum Gasteiger partial charge on any atom is 0.159 e. The van der Waals surface area contributed by atoms with Gasteiger partial charge in [0.2, 0.25) is 0 Å². The van der Waals surface area contributed by atoms with E-state index in [2.05, 4.69) is 0 Å². The Morgan fingerprint density at radius 1 is 1.10 bits per heavy atom. The van der Waals surface area contributed by atoms with Crippen LogP contribution in [0.2, 0.25) is 5.02 Å². The minimum Gasteiger partial charge on any atom is -0.496 e. The van der Waals surface area contributed by atoms with Gasteiger partial charge in [-0.05, 0) is 47.9 Å². The van der Waals surface area contributed by atoms with Gasteiger partial charge in [0, 0.05) is 11.4 Å². The second kappa shape index (κ2) is 6.87. The molecule has 0 saturated heterocycles. The summed E-state index contributed by atoms with van der Waals surface area (Å²) in [6.07, 6.45) is -0.225. The van der Waals surface area contributed by atoms with Crippen LogP contribution < -0.4 is 4.74 Å². The molecule has 0 radical (unpaired) electrons. The van der Waals surface area contributed by atoms with E-state index in [0.29, 0.717) is 22.8 Å². The Labute approximate surface area is 126 Å². The van der Waals surface area contributed by atoms with E-state index < -0.39 is 17.7 Å². The van der Waals surface area contributed by atoms with Crippen LogP contribution in [0.15, 0.2) is 36.4 Å². The third-order valence-corrected chi connectivity index (χ3v) is 3.39. The van der Waals surface area contributed by atoms with Crippen molar-refractivity contribution >= 4 is 11.6 Å². The number of ether oxygens (including phenoxy) is 1. The molecular formula is C16H15ClF2O2. The SMILES string of the molecule is COc1ccc(Cl)cc1CC(O)Cc1ccc(F)c(F)c1. The van der Waals surface area contributed by atoms with Crippen LogP contribution in [0.5, 0.6) is 5.75 Å². The van der Waals surface area contributed by atoms with Crippen LogP contribution >= 0.6 is 11.6 Å². The lowest BCUT2D eigenvalue weighted by Crippen LogP contribution is -2.14. The molecule has 2 aromatic carbocycles. The molecule has 0 spiro atoms. The van der Waals surface area contributed by atoms with Gasteiger partial charge in [-0.3, -0.25) is 0 Å². The normalized spacial score (nSPS) is 12.2. The molecule has 1 N–H and O–H groups in total. The van der Waals surface area contributed by atoms with Crippen molar-refractivity contribution in [2.24, 2.45) is 0 Å². The zero-order chi connectivity index (χ0) is 15.4. The summed E-state index contributed by atoms with van der Waals surface area (Å²) in [5, 5.41) is 10.7. The van der Waals surface area contributed by atoms with Crippen molar-refractivity contribution in [3.63, 3.8) is 0 Å². The highest BCUT2D eigenvalue weighted by molar-refractivity contribution is 6.30. The number of halogens is 3. The molecule has 0 fully saturated rings. The average molecular weight is 313 g/mol. The zero-order valence-electron chi connectivity index (χ0n) is 11.4. The lowest BCUT2D eigenvalue weighted by molar-refractivity contribution is 0.174. The Balaban J connectivity index is 2.09. The van der Waals surface area contributed by atoms with E-state index in [9.17, 15) is 13.9 Å². The molecule has 5 heteroatoms. The number of benzene rings is 2. The van der Waals surface area contributed by atoms with E-state index in [4.69, 9.17) is 16.3 Å². The summed E-state index contributed by atoms with van der Waals surface area (Å²) in [6, 6.07) is 8.74. The fourth-order valence-electron chi connectivity index (χ4n) is 2.17. The van der Waals surface area contributed by atoms with Gasteiger partial charge in [-0.2, -0.15) is 0 Å². The van der Waals surface area contributed by atoms with Crippen LogP contribution in [0.3, 0.4) is 0 Å². The van der Waals surface area contributed by atoms with Crippen LogP contribution in [0.1, 0.15) is 11.1 Å². The van der Waals surface area contributed by atoms with Gasteiger partial charge in [0.15, 0.2) is 11.6 Å². The Morgan fingerprint density at radius 3 is 2.52 bits per heavy atom. The Bertz CT molecular complexity index is 632. The van der Waals surface area contributed by atoms with E-state index in [-0.39, 0.29) is 6.42 Å². The first kappa shape index (κ1) is 15.7. The van der Waals surface area contributed by atoms with Gasteiger partial charge in [-0.15, -0.1) is 0 Å². The van der Waals surface area contributed by atoms with Gasteiger partial charge < -0.3 is 9.84 Å².